The second-order valence-corrected chi connectivity index (χ2v) is 16.8. The van der Waals surface area contributed by atoms with Crippen LogP contribution in [0.4, 0.5) is 0 Å². The van der Waals surface area contributed by atoms with Crippen molar-refractivity contribution in [2.24, 2.45) is 0 Å². The minimum atomic E-state index is -0.145. The fourth-order valence-electron chi connectivity index (χ4n) is 2.63. The van der Waals surface area contributed by atoms with Crippen molar-refractivity contribution in [3.8, 4) is 5.69 Å². The van der Waals surface area contributed by atoms with E-state index >= 15 is 0 Å². The molecule has 0 amide bonds. The van der Waals surface area contributed by atoms with Gasteiger partial charge in [0.2, 0.25) is 0 Å². The summed E-state index contributed by atoms with van der Waals surface area (Å²) in [6.45, 7) is 4.27. The molecule has 2 aromatic carbocycles. The summed E-state index contributed by atoms with van der Waals surface area (Å²) in [6, 6.07) is 15.2. The van der Waals surface area contributed by atoms with E-state index in [1.165, 1.54) is 27.7 Å². The predicted octanol–water partition coefficient (Wildman–Crippen LogP) is 6.96. The van der Waals surface area contributed by atoms with Gasteiger partial charge in [-0.05, 0) is 31.2 Å². The summed E-state index contributed by atoms with van der Waals surface area (Å²) >= 11 is 6.32. The summed E-state index contributed by atoms with van der Waals surface area (Å²) in [4.78, 5) is 0. The monoisotopic (exact) mass is 521 g/mol. The van der Waals surface area contributed by atoms with Gasteiger partial charge in [0.15, 0.2) is 0 Å². The molecule has 4 rings (SSSR count). The van der Waals surface area contributed by atoms with Crippen LogP contribution < -0.4 is 0 Å². The topological polar surface area (TPSA) is 4.93 Å². The summed E-state index contributed by atoms with van der Waals surface area (Å²) in [5.74, 6) is 0. The third-order valence-electron chi connectivity index (χ3n) is 3.62. The number of halogens is 2. The maximum Gasteiger partial charge on any atom is -0.109 e. The van der Waals surface area contributed by atoms with Crippen LogP contribution in [0.1, 0.15) is 17.7 Å². The number of hydrogen-bond acceptors (Lipinski definition) is 0. The first-order chi connectivity index (χ1) is 11.7. The molecule has 1 aromatic heterocycles. The Bertz CT molecular complexity index is 784. The summed E-state index contributed by atoms with van der Waals surface area (Å²) in [5, 5.41) is 2.62. The molecular weight excluding hydrogens is 505 g/mol. The van der Waals surface area contributed by atoms with Crippen molar-refractivity contribution in [1.82, 2.24) is 4.57 Å². The van der Waals surface area contributed by atoms with E-state index in [2.05, 4.69) is 104 Å². The molecule has 0 unspecified atom stereocenters. The fourth-order valence-corrected chi connectivity index (χ4v) is 2.63. The fraction of sp³-hybridized carbons (Fsp3) is 0.150. The Morgan fingerprint density at radius 2 is 1.92 bits per heavy atom. The molecule has 0 saturated carbocycles. The molecule has 0 aliphatic heterocycles. The van der Waals surface area contributed by atoms with Gasteiger partial charge in [-0.1, -0.05) is 6.07 Å². The number of hydrogen-bond donors (Lipinski definition) is 0. The standard InChI is InChI=1S/C15H14N.C5H5.2BrH.Zr/c1-11-7-12(2)16(10-11)15-8-13-5-3-4-6-14(13)9-15;1-2-4-5-3-1;;;/h3-10H,1-2H3;1-3H,4H2;2*1H;/q2*-1;;;+4/p-2. The molecule has 4 heteroatoms. The van der Waals surface area contributed by atoms with Crippen LogP contribution in [0, 0.1) is 19.9 Å². The van der Waals surface area contributed by atoms with Gasteiger partial charge in [-0.15, -0.1) is 47.5 Å². The molecule has 0 N–H and O–H groups in total. The first-order valence-corrected chi connectivity index (χ1v) is 18.9. The van der Waals surface area contributed by atoms with Gasteiger partial charge in [-0.3, -0.25) is 6.08 Å². The molecule has 0 atom stereocenters. The molecule has 24 heavy (non-hydrogen) atoms. The first kappa shape index (κ1) is 19.8. The van der Waals surface area contributed by atoms with E-state index in [1.54, 1.807) is 0 Å². The van der Waals surface area contributed by atoms with Gasteiger partial charge in [0, 0.05) is 11.9 Å². The zero-order valence-corrected chi connectivity index (χ0v) is 19.4. The third kappa shape index (κ3) is 5.75. The summed E-state index contributed by atoms with van der Waals surface area (Å²) in [5.41, 5.74) is 3.85. The Kier molecular flexibility index (Phi) is 8.58. The van der Waals surface area contributed by atoms with Gasteiger partial charge in [0.05, 0.1) is 0 Å². The van der Waals surface area contributed by atoms with E-state index in [0.717, 1.165) is 6.42 Å². The average Bonchev–Trinajstić information content (AvgIpc) is 3.28. The molecule has 1 aliphatic rings. The largest absolute Gasteiger partial charge is 0.273 e. The van der Waals surface area contributed by atoms with Gasteiger partial charge < -0.3 is 4.57 Å². The number of aromatic nitrogens is 1. The van der Waals surface area contributed by atoms with Crippen molar-refractivity contribution in [2.45, 2.75) is 20.3 Å². The molecule has 0 fully saturated rings. The maximum absolute atomic E-state index is 3.23. The first-order valence-electron chi connectivity index (χ1n) is 7.65. The van der Waals surface area contributed by atoms with Crippen LogP contribution in [0.3, 0.4) is 0 Å². The maximum atomic E-state index is 3.23. The molecule has 0 bridgehead atoms. The smallest absolute Gasteiger partial charge is 0.109 e. The Labute approximate surface area is 167 Å². The Morgan fingerprint density at radius 3 is 2.42 bits per heavy atom. The van der Waals surface area contributed by atoms with Gasteiger partial charge in [0.25, 0.3) is 0 Å². The van der Waals surface area contributed by atoms with Crippen molar-refractivity contribution < 1.29 is 18.5 Å². The minimum absolute atomic E-state index is 0.145. The van der Waals surface area contributed by atoms with Crippen LogP contribution in [-0.4, -0.2) is 4.57 Å². The van der Waals surface area contributed by atoms with Gasteiger partial charge in [-0.2, -0.15) is 6.08 Å². The molecule has 0 spiro atoms. The van der Waals surface area contributed by atoms with Crippen LogP contribution >= 0.6 is 24.4 Å². The van der Waals surface area contributed by atoms with Crippen molar-refractivity contribution in [3.05, 3.63) is 84.2 Å². The quantitative estimate of drug-likeness (QED) is 0.304. The molecule has 1 aliphatic carbocycles. The van der Waals surface area contributed by atoms with E-state index in [0.29, 0.717) is 0 Å². The predicted molar refractivity (Wildman–Crippen MR) is 108 cm³/mol. The van der Waals surface area contributed by atoms with Crippen LogP contribution in [0.15, 0.2) is 66.9 Å². The van der Waals surface area contributed by atoms with Crippen molar-refractivity contribution in [1.29, 1.82) is 0 Å². The third-order valence-corrected chi connectivity index (χ3v) is 3.62. The van der Waals surface area contributed by atoms with Crippen LogP contribution in [0.25, 0.3) is 16.5 Å². The zero-order valence-electron chi connectivity index (χ0n) is 13.8. The summed E-state index contributed by atoms with van der Waals surface area (Å²) in [6.07, 6.45) is 12.2. The van der Waals surface area contributed by atoms with Crippen molar-refractivity contribution in [2.75, 3.05) is 0 Å². The van der Waals surface area contributed by atoms with Gasteiger partial charge in [0.1, 0.15) is 0 Å². The molecule has 3 aromatic rings. The Hall–Kier alpha value is -0.567. The van der Waals surface area contributed by atoms with Crippen molar-refractivity contribution >= 4 is 35.2 Å². The SMILES string of the molecule is Cc1cc(C)n(-c2cc3ccccc3[cH-]2)c1.[Br][Zr+2][Br].[C-]1=CC=CC1. The zero-order chi connectivity index (χ0) is 17.4. The molecule has 1 nitrogen and oxygen atoms in total. The number of fused-ring (bicyclic) bond motifs is 1. The molecule has 0 saturated heterocycles. The number of allylic oxidation sites excluding steroid dienone is 4. The van der Waals surface area contributed by atoms with Gasteiger partial charge in [-0.25, -0.2) is 12.2 Å². The molecule has 0 radical (unpaired) electrons. The summed E-state index contributed by atoms with van der Waals surface area (Å²) < 4.78 is 2.25. The molecule has 122 valence electrons. The Morgan fingerprint density at radius 1 is 1.17 bits per heavy atom. The van der Waals surface area contributed by atoms with E-state index in [-0.39, 0.29) is 18.5 Å². The van der Waals surface area contributed by atoms with E-state index < -0.39 is 0 Å². The van der Waals surface area contributed by atoms with E-state index in [1.807, 2.05) is 12.2 Å². The van der Waals surface area contributed by atoms with Crippen LogP contribution in [0.5, 0.6) is 0 Å². The number of aryl methyl sites for hydroxylation is 2. The van der Waals surface area contributed by atoms with E-state index in [9.17, 15) is 0 Å². The second kappa shape index (κ2) is 10.4. The Balaban J connectivity index is 0.000000217. The van der Waals surface area contributed by atoms with Crippen molar-refractivity contribution in [3.63, 3.8) is 0 Å². The number of nitrogens with zero attached hydrogens (tertiary/aromatic N) is 1. The van der Waals surface area contributed by atoms with Crippen LogP contribution in [-0.2, 0) is 18.5 Å². The van der Waals surface area contributed by atoms with E-state index in [4.69, 9.17) is 0 Å². The van der Waals surface area contributed by atoms with Gasteiger partial charge >= 0.3 is 43.0 Å². The normalized spacial score (nSPS) is 11.5. The minimum Gasteiger partial charge on any atom is -0.273 e. The number of benzene rings is 1. The summed E-state index contributed by atoms with van der Waals surface area (Å²) in [7, 11) is 0. The second-order valence-electron chi connectivity index (χ2n) is 5.45. The van der Waals surface area contributed by atoms with Crippen LogP contribution in [0.2, 0.25) is 0 Å². The molecule has 1 heterocycles. The number of rotatable bonds is 1. The molecular formula is C20H19Br2NZr. The average molecular weight is 524 g/mol.